The fourth-order valence-electron chi connectivity index (χ4n) is 3.37. The Morgan fingerprint density at radius 1 is 0.927 bits per heavy atom. The van der Waals surface area contributed by atoms with Crippen LogP contribution in [-0.4, -0.2) is 53.2 Å². The first-order valence-electron chi connectivity index (χ1n) is 13.5. The summed E-state index contributed by atoms with van der Waals surface area (Å²) in [6, 6.07) is 9.91. The lowest BCUT2D eigenvalue weighted by atomic mass is 9.98. The number of rotatable bonds is 15. The van der Waals surface area contributed by atoms with Gasteiger partial charge in [-0.2, -0.15) is 4.98 Å². The number of H-pyrrole nitrogens is 1. The lowest BCUT2D eigenvalue weighted by Crippen LogP contribution is -2.24. The Morgan fingerprint density at radius 3 is 2.17 bits per heavy atom. The third-order valence-electron chi connectivity index (χ3n) is 5.73. The molecule has 2 N–H and O–H groups in total. The number of hydrogen-bond donors (Lipinski definition) is 2. The van der Waals surface area contributed by atoms with Crippen LogP contribution in [0, 0.1) is 10.8 Å². The molecule has 0 aliphatic carbocycles. The Labute approximate surface area is 242 Å². The number of fused-ring (bicyclic) bond motifs is 1. The molecule has 0 saturated carbocycles. The van der Waals surface area contributed by atoms with Gasteiger partial charge in [0, 0.05) is 24.5 Å². The molecule has 0 unspecified atom stereocenters. The molecule has 1 aromatic carbocycles. The van der Waals surface area contributed by atoms with Crippen molar-refractivity contribution in [2.24, 2.45) is 10.8 Å². The monoisotopic (exact) mass is 588 g/mol. The van der Waals surface area contributed by atoms with Crippen LogP contribution >= 0.6 is 8.38 Å². The molecule has 11 nitrogen and oxygen atoms in total. The highest BCUT2D eigenvalue weighted by atomic mass is 31.2. The van der Waals surface area contributed by atoms with Crippen LogP contribution in [0.25, 0.3) is 11.0 Å². The number of ether oxygens (including phenoxy) is 3. The van der Waals surface area contributed by atoms with Gasteiger partial charge in [0.25, 0.3) is 0 Å². The number of nitrogens with zero attached hydrogens (tertiary/aromatic N) is 2. The minimum Gasteiger partial charge on any atom is -0.471 e. The molecule has 224 valence electrons. The molecule has 0 aliphatic rings. The molecule has 0 radical (unpaired) electrons. The first-order chi connectivity index (χ1) is 19.4. The number of esters is 2. The van der Waals surface area contributed by atoms with E-state index in [2.05, 4.69) is 20.3 Å². The number of carbonyl (C=O) groups is 2. The van der Waals surface area contributed by atoms with E-state index >= 15 is 0 Å². The highest BCUT2D eigenvalue weighted by Crippen LogP contribution is 2.39. The van der Waals surface area contributed by atoms with Crippen LogP contribution in [0.1, 0.15) is 59.1 Å². The quantitative estimate of drug-likeness (QED) is 0.102. The van der Waals surface area contributed by atoms with Crippen LogP contribution < -0.4 is 10.1 Å². The highest BCUT2D eigenvalue weighted by molar-refractivity contribution is 7.47. The van der Waals surface area contributed by atoms with Crippen LogP contribution in [0.2, 0.25) is 0 Å². The first-order valence-corrected chi connectivity index (χ1v) is 14.9. The van der Waals surface area contributed by atoms with Crippen LogP contribution in [0.4, 0.5) is 0 Å². The Hall–Kier alpha value is -3.11. The lowest BCUT2D eigenvalue weighted by Gasteiger charge is -2.21. The summed E-state index contributed by atoms with van der Waals surface area (Å²) in [5.74, 6) is -0.238. The second-order valence-corrected chi connectivity index (χ2v) is 13.1. The van der Waals surface area contributed by atoms with E-state index < -0.39 is 19.2 Å². The Bertz CT molecular complexity index is 1220. The van der Waals surface area contributed by atoms with Gasteiger partial charge in [-0.25, -0.2) is 4.98 Å². The Kier molecular flexibility index (Phi) is 12.0. The number of hydrogen-bond acceptors (Lipinski definition) is 10. The summed E-state index contributed by atoms with van der Waals surface area (Å²) < 4.78 is 27.8. The van der Waals surface area contributed by atoms with E-state index in [1.807, 2.05) is 36.5 Å². The van der Waals surface area contributed by atoms with Gasteiger partial charge in [0.15, 0.2) is 22.0 Å². The zero-order valence-corrected chi connectivity index (χ0v) is 25.6. The molecule has 0 aliphatic heterocycles. The molecule has 0 fully saturated rings. The molecule has 2 heterocycles. The average Bonchev–Trinajstić information content (AvgIpc) is 3.34. The van der Waals surface area contributed by atoms with Gasteiger partial charge in [0.1, 0.15) is 18.5 Å². The fourth-order valence-corrected chi connectivity index (χ4v) is 4.46. The normalized spacial score (nSPS) is 12.1. The predicted octanol–water partition coefficient (Wildman–Crippen LogP) is 5.46. The molecule has 0 saturated heterocycles. The molecule has 41 heavy (non-hydrogen) atoms. The first kappa shape index (κ1) is 32.4. The fraction of sp³-hybridized carbons (Fsp3) is 0.517. The molecule has 3 rings (SSSR count). The van der Waals surface area contributed by atoms with Crippen molar-refractivity contribution in [3.63, 3.8) is 0 Å². The van der Waals surface area contributed by atoms with Crippen molar-refractivity contribution >= 4 is 31.3 Å². The largest absolute Gasteiger partial charge is 0.471 e. The molecule has 0 spiro atoms. The molecular weight excluding hydrogens is 547 g/mol. The van der Waals surface area contributed by atoms with Gasteiger partial charge in [0.2, 0.25) is 5.88 Å². The van der Waals surface area contributed by atoms with Gasteiger partial charge in [-0.3, -0.25) is 18.6 Å². The van der Waals surface area contributed by atoms with Crippen LogP contribution in [-0.2, 0) is 41.3 Å². The van der Waals surface area contributed by atoms with E-state index in [1.165, 1.54) is 6.33 Å². The standard InChI is InChI=1S/C29H41N4O7P/c1-28(2,3)26(34)37-19-39-41(40-20-38-27(35)29(4,5)6)14-10-13-30-15-22-16-31-24-23(22)32-18-33-25(24)36-17-21-11-8-7-9-12-21/h7-9,11-12,16,18,30-31H,10,13-15,17,19-20H2,1-6H3. The minimum absolute atomic E-state index is 0.230. The van der Waals surface area contributed by atoms with E-state index in [1.54, 1.807) is 41.5 Å². The molecular formula is C29H41N4O7P. The predicted molar refractivity (Wildman–Crippen MR) is 156 cm³/mol. The van der Waals surface area contributed by atoms with Gasteiger partial charge in [-0.15, -0.1) is 0 Å². The maximum atomic E-state index is 12.1. The summed E-state index contributed by atoms with van der Waals surface area (Å²) in [7, 11) is -1.45. The number of aromatic amines is 1. The van der Waals surface area contributed by atoms with Crippen molar-refractivity contribution in [2.45, 2.75) is 61.1 Å². The zero-order chi connectivity index (χ0) is 29.9. The number of nitrogens with one attached hydrogen (secondary N) is 2. The summed E-state index contributed by atoms with van der Waals surface area (Å²) in [5.41, 5.74) is 2.32. The summed E-state index contributed by atoms with van der Waals surface area (Å²) in [6.45, 7) is 11.8. The van der Waals surface area contributed by atoms with Crippen LogP contribution in [0.15, 0.2) is 42.9 Å². The summed E-state index contributed by atoms with van der Waals surface area (Å²) in [4.78, 5) is 36.1. The van der Waals surface area contributed by atoms with Crippen molar-refractivity contribution in [3.05, 3.63) is 54.0 Å². The second kappa shape index (κ2) is 15.2. The van der Waals surface area contributed by atoms with Gasteiger partial charge >= 0.3 is 11.9 Å². The van der Waals surface area contributed by atoms with Crippen molar-refractivity contribution < 1.29 is 32.8 Å². The van der Waals surface area contributed by atoms with Gasteiger partial charge in [-0.05, 0) is 60.1 Å². The van der Waals surface area contributed by atoms with E-state index in [-0.39, 0.29) is 25.5 Å². The third kappa shape index (κ3) is 10.7. The lowest BCUT2D eigenvalue weighted by molar-refractivity contribution is -0.161. The smallest absolute Gasteiger partial charge is 0.313 e. The highest BCUT2D eigenvalue weighted by Gasteiger charge is 2.25. The van der Waals surface area contributed by atoms with Crippen molar-refractivity contribution in [3.8, 4) is 5.88 Å². The third-order valence-corrected chi connectivity index (χ3v) is 7.20. The van der Waals surface area contributed by atoms with Crippen molar-refractivity contribution in [1.82, 2.24) is 20.3 Å². The number of aromatic nitrogens is 3. The van der Waals surface area contributed by atoms with E-state index in [9.17, 15) is 9.59 Å². The Balaban J connectivity index is 1.47. The van der Waals surface area contributed by atoms with Crippen molar-refractivity contribution in [1.29, 1.82) is 0 Å². The van der Waals surface area contributed by atoms with Crippen LogP contribution in [0.5, 0.6) is 5.88 Å². The number of carbonyl (C=O) groups excluding carboxylic acids is 2. The van der Waals surface area contributed by atoms with E-state index in [0.717, 1.165) is 28.6 Å². The summed E-state index contributed by atoms with van der Waals surface area (Å²) in [6.07, 6.45) is 4.67. The van der Waals surface area contributed by atoms with Crippen LogP contribution in [0.3, 0.4) is 0 Å². The van der Waals surface area contributed by atoms with Gasteiger partial charge in [-0.1, -0.05) is 30.3 Å². The molecule has 2 aromatic heterocycles. The zero-order valence-electron chi connectivity index (χ0n) is 24.7. The molecule has 0 atom stereocenters. The Morgan fingerprint density at radius 2 is 1.56 bits per heavy atom. The molecule has 12 heteroatoms. The van der Waals surface area contributed by atoms with Gasteiger partial charge < -0.3 is 24.5 Å². The van der Waals surface area contributed by atoms with E-state index in [0.29, 0.717) is 31.7 Å². The summed E-state index contributed by atoms with van der Waals surface area (Å²) in [5, 5.41) is 3.41. The van der Waals surface area contributed by atoms with E-state index in [4.69, 9.17) is 23.3 Å². The topological polar surface area (TPSA) is 134 Å². The molecule has 0 amide bonds. The molecule has 0 bridgehead atoms. The minimum atomic E-state index is -1.45. The number of benzene rings is 1. The average molecular weight is 589 g/mol. The second-order valence-electron chi connectivity index (χ2n) is 11.4. The summed E-state index contributed by atoms with van der Waals surface area (Å²) >= 11 is 0. The molecule has 3 aromatic rings. The van der Waals surface area contributed by atoms with Gasteiger partial charge in [0.05, 0.1) is 16.3 Å². The maximum absolute atomic E-state index is 12.1. The van der Waals surface area contributed by atoms with Crippen molar-refractivity contribution in [2.75, 3.05) is 26.3 Å². The maximum Gasteiger partial charge on any atom is 0.313 e. The SMILES string of the molecule is CC(C)(C)C(=O)OCOP(CCCNCc1c[nH]c2c(OCc3ccccc3)ncnc12)OCOC(=O)C(C)(C)C.